The Morgan fingerprint density at radius 3 is 2.52 bits per heavy atom. The van der Waals surface area contributed by atoms with E-state index in [1.807, 2.05) is 13.0 Å². The number of halogens is 1. The van der Waals surface area contributed by atoms with E-state index in [9.17, 15) is 14.4 Å². The fraction of sp³-hybridized carbons (Fsp3) is 0.357. The van der Waals surface area contributed by atoms with Crippen molar-refractivity contribution in [2.45, 2.75) is 32.6 Å². The molecule has 0 spiro atoms. The Hall–Kier alpha value is -1.89. The third-order valence-corrected chi connectivity index (χ3v) is 3.79. The zero-order chi connectivity index (χ0) is 15.8. The van der Waals surface area contributed by atoms with Crippen LogP contribution in [0.1, 0.15) is 31.2 Å². The van der Waals surface area contributed by atoms with Crippen LogP contribution in [0.2, 0.25) is 0 Å². The van der Waals surface area contributed by atoms with E-state index in [0.717, 1.165) is 10.0 Å². The van der Waals surface area contributed by atoms with Crippen molar-refractivity contribution in [3.05, 3.63) is 28.2 Å². The molecular formula is C14H17BrN2O4. The van der Waals surface area contributed by atoms with Crippen molar-refractivity contribution in [2.24, 2.45) is 0 Å². The van der Waals surface area contributed by atoms with Crippen molar-refractivity contribution in [3.63, 3.8) is 0 Å². The topological polar surface area (TPSA) is 95.5 Å². The molecule has 6 nitrogen and oxygen atoms in total. The zero-order valence-corrected chi connectivity index (χ0v) is 13.2. The van der Waals surface area contributed by atoms with Crippen LogP contribution in [0.4, 0.5) is 10.5 Å². The maximum absolute atomic E-state index is 11.7. The minimum Gasteiger partial charge on any atom is -0.481 e. The number of aliphatic carboxylic acids is 1. The number of carboxylic acid groups (broad SMARTS) is 1. The van der Waals surface area contributed by atoms with Gasteiger partial charge in [-0.3, -0.25) is 14.9 Å². The number of anilines is 1. The van der Waals surface area contributed by atoms with Crippen LogP contribution in [0.25, 0.3) is 0 Å². The largest absolute Gasteiger partial charge is 0.481 e. The van der Waals surface area contributed by atoms with Gasteiger partial charge < -0.3 is 10.4 Å². The summed E-state index contributed by atoms with van der Waals surface area (Å²) in [7, 11) is 0. The lowest BCUT2D eigenvalue weighted by Crippen LogP contribution is -2.34. The number of hydrogen-bond acceptors (Lipinski definition) is 3. The van der Waals surface area contributed by atoms with Gasteiger partial charge in [-0.25, -0.2) is 4.79 Å². The minimum atomic E-state index is -0.891. The molecule has 0 aliphatic carbocycles. The second-order valence-corrected chi connectivity index (χ2v) is 5.33. The Kier molecular flexibility index (Phi) is 6.87. The number of carboxylic acids is 1. The third-order valence-electron chi connectivity index (χ3n) is 2.74. The van der Waals surface area contributed by atoms with E-state index in [1.54, 1.807) is 12.1 Å². The number of amides is 3. The zero-order valence-electron chi connectivity index (χ0n) is 11.6. The van der Waals surface area contributed by atoms with Gasteiger partial charge >= 0.3 is 12.0 Å². The smallest absolute Gasteiger partial charge is 0.325 e. The number of rotatable bonds is 6. The molecule has 1 aromatic rings. The van der Waals surface area contributed by atoms with Crippen molar-refractivity contribution in [1.82, 2.24) is 5.32 Å². The number of hydrogen-bond donors (Lipinski definition) is 3. The van der Waals surface area contributed by atoms with E-state index in [1.165, 1.54) is 0 Å². The number of carbonyl (C=O) groups is 3. The van der Waals surface area contributed by atoms with Crippen LogP contribution in [0.15, 0.2) is 22.7 Å². The van der Waals surface area contributed by atoms with E-state index >= 15 is 0 Å². The van der Waals surface area contributed by atoms with Gasteiger partial charge in [0, 0.05) is 17.3 Å². The first-order valence-electron chi connectivity index (χ1n) is 6.48. The predicted octanol–water partition coefficient (Wildman–Crippen LogP) is 3.05. The summed E-state index contributed by atoms with van der Waals surface area (Å²) in [4.78, 5) is 33.5. The average molecular weight is 357 g/mol. The van der Waals surface area contributed by atoms with Gasteiger partial charge in [0.25, 0.3) is 0 Å². The van der Waals surface area contributed by atoms with Crippen LogP contribution < -0.4 is 10.6 Å². The lowest BCUT2D eigenvalue weighted by molar-refractivity contribution is -0.137. The Bertz CT molecular complexity index is 546. The van der Waals surface area contributed by atoms with Crippen LogP contribution in [-0.4, -0.2) is 23.0 Å². The van der Waals surface area contributed by atoms with Gasteiger partial charge in [-0.1, -0.05) is 12.1 Å². The molecule has 1 aromatic carbocycles. The first-order chi connectivity index (χ1) is 9.90. The highest BCUT2D eigenvalue weighted by atomic mass is 79.9. The SMILES string of the molecule is Cc1cccc(NC(=O)NC(=O)CCCCC(=O)O)c1Br. The number of imide groups is 1. The fourth-order valence-corrected chi connectivity index (χ4v) is 2.01. The molecule has 0 saturated heterocycles. The second kappa shape index (κ2) is 8.41. The monoisotopic (exact) mass is 356 g/mol. The van der Waals surface area contributed by atoms with Crippen LogP contribution in [0, 0.1) is 6.92 Å². The van der Waals surface area contributed by atoms with Gasteiger partial charge in [-0.05, 0) is 47.3 Å². The molecule has 0 radical (unpaired) electrons. The summed E-state index contributed by atoms with van der Waals surface area (Å²) in [5, 5.41) is 13.3. The van der Waals surface area contributed by atoms with Gasteiger partial charge in [0.1, 0.15) is 0 Å². The highest BCUT2D eigenvalue weighted by Gasteiger charge is 2.10. The molecule has 0 heterocycles. The molecule has 0 aliphatic rings. The third kappa shape index (κ3) is 6.40. The van der Waals surface area contributed by atoms with Gasteiger partial charge in [0.15, 0.2) is 0 Å². The summed E-state index contributed by atoms with van der Waals surface area (Å²) in [5.74, 6) is -1.32. The molecule has 3 N–H and O–H groups in total. The lowest BCUT2D eigenvalue weighted by atomic mass is 10.2. The van der Waals surface area contributed by atoms with E-state index in [4.69, 9.17) is 5.11 Å². The molecule has 0 unspecified atom stereocenters. The van der Waals surface area contributed by atoms with E-state index in [-0.39, 0.29) is 12.8 Å². The second-order valence-electron chi connectivity index (χ2n) is 4.54. The molecule has 0 aliphatic heterocycles. The molecule has 1 rings (SSSR count). The van der Waals surface area contributed by atoms with Crippen molar-refractivity contribution in [2.75, 3.05) is 5.32 Å². The molecule has 7 heteroatoms. The summed E-state index contributed by atoms with van der Waals surface area (Å²) in [5.41, 5.74) is 1.54. The predicted molar refractivity (Wildman–Crippen MR) is 82.1 cm³/mol. The van der Waals surface area contributed by atoms with E-state index in [0.29, 0.717) is 18.5 Å². The molecule has 0 fully saturated rings. The van der Waals surface area contributed by atoms with Gasteiger partial charge in [0.05, 0.1) is 5.69 Å². The number of aryl methyl sites for hydroxylation is 1. The summed E-state index contributed by atoms with van der Waals surface area (Å²) in [6.07, 6.45) is 0.985. The number of unbranched alkanes of at least 4 members (excludes halogenated alkanes) is 1. The quantitative estimate of drug-likeness (QED) is 0.682. The Labute approximate surface area is 131 Å². The Morgan fingerprint density at radius 1 is 1.19 bits per heavy atom. The van der Waals surface area contributed by atoms with Crippen LogP contribution in [0.5, 0.6) is 0 Å². The van der Waals surface area contributed by atoms with Crippen molar-refractivity contribution in [3.8, 4) is 0 Å². The first kappa shape index (κ1) is 17.2. The highest BCUT2D eigenvalue weighted by molar-refractivity contribution is 9.10. The first-order valence-corrected chi connectivity index (χ1v) is 7.27. The summed E-state index contributed by atoms with van der Waals surface area (Å²) in [6, 6.07) is 4.79. The lowest BCUT2D eigenvalue weighted by Gasteiger charge is -2.09. The van der Waals surface area contributed by atoms with Crippen molar-refractivity contribution >= 4 is 39.5 Å². The van der Waals surface area contributed by atoms with Gasteiger partial charge in [-0.2, -0.15) is 0 Å². The highest BCUT2D eigenvalue weighted by Crippen LogP contribution is 2.25. The van der Waals surface area contributed by atoms with E-state index in [2.05, 4.69) is 26.6 Å². The van der Waals surface area contributed by atoms with Crippen molar-refractivity contribution < 1.29 is 19.5 Å². The molecule has 114 valence electrons. The normalized spacial score (nSPS) is 10.0. The fourth-order valence-electron chi connectivity index (χ4n) is 1.65. The standard InChI is InChI=1S/C14H17BrN2O4/c1-9-5-4-6-10(13(9)15)16-14(21)17-11(18)7-2-3-8-12(19)20/h4-6H,2-3,7-8H2,1H3,(H,19,20)(H2,16,17,18,21). The van der Waals surface area contributed by atoms with E-state index < -0.39 is 17.9 Å². The molecular weight excluding hydrogens is 340 g/mol. The molecule has 0 aromatic heterocycles. The average Bonchev–Trinajstić information content (AvgIpc) is 2.40. The maximum Gasteiger partial charge on any atom is 0.325 e. The number of carbonyl (C=O) groups excluding carboxylic acids is 2. The summed E-state index contributed by atoms with van der Waals surface area (Å²) in [6.45, 7) is 1.89. The molecule has 3 amide bonds. The molecule has 0 atom stereocenters. The maximum atomic E-state index is 11.7. The van der Waals surface area contributed by atoms with Crippen LogP contribution in [-0.2, 0) is 9.59 Å². The minimum absolute atomic E-state index is 0.0235. The Balaban J connectivity index is 2.38. The molecule has 0 bridgehead atoms. The van der Waals surface area contributed by atoms with Crippen molar-refractivity contribution in [1.29, 1.82) is 0 Å². The number of benzene rings is 1. The molecule has 21 heavy (non-hydrogen) atoms. The van der Waals surface area contributed by atoms with Crippen LogP contribution in [0.3, 0.4) is 0 Å². The number of urea groups is 1. The summed E-state index contributed by atoms with van der Waals surface area (Å²) >= 11 is 3.36. The van der Waals surface area contributed by atoms with Crippen LogP contribution >= 0.6 is 15.9 Å². The number of nitrogens with one attached hydrogen (secondary N) is 2. The Morgan fingerprint density at radius 2 is 1.86 bits per heavy atom. The molecule has 0 saturated carbocycles. The van der Waals surface area contributed by atoms with Gasteiger partial charge in [-0.15, -0.1) is 0 Å². The summed E-state index contributed by atoms with van der Waals surface area (Å²) < 4.78 is 0.758. The van der Waals surface area contributed by atoms with Gasteiger partial charge in [0.2, 0.25) is 5.91 Å².